The highest BCUT2D eigenvalue weighted by molar-refractivity contribution is 5.93. The number of aliphatic hydroxyl groups excluding tert-OH is 1. The predicted octanol–water partition coefficient (Wildman–Crippen LogP) is 4.58. The molecule has 4 atom stereocenters. The van der Waals surface area contributed by atoms with Crippen LogP contribution in [0.4, 0.5) is 0 Å². The number of allylic oxidation sites excluding steroid dienone is 4. The minimum atomic E-state index is 0.341. The second-order valence-electron chi connectivity index (χ2n) is 8.54. The summed E-state index contributed by atoms with van der Waals surface area (Å²) in [6, 6.07) is 0. The smallest absolute Gasteiger partial charge is 0.156 e. The molecule has 0 aromatic heterocycles. The monoisotopic (exact) mass is 314 g/mol. The van der Waals surface area contributed by atoms with Crippen molar-refractivity contribution in [3.05, 3.63) is 22.8 Å². The molecule has 0 spiro atoms. The van der Waals surface area contributed by atoms with Crippen molar-refractivity contribution in [1.82, 2.24) is 0 Å². The molecule has 4 rings (SSSR count). The number of fused-ring (bicyclic) bond motifs is 4. The summed E-state index contributed by atoms with van der Waals surface area (Å²) in [6.07, 6.45) is 13.6. The first kappa shape index (κ1) is 15.6. The van der Waals surface area contributed by atoms with Crippen LogP contribution in [0.15, 0.2) is 22.8 Å². The molecule has 2 nitrogen and oxygen atoms in total. The molecule has 1 unspecified atom stereocenters. The Balaban J connectivity index is 1.62. The Labute approximate surface area is 140 Å². The van der Waals surface area contributed by atoms with E-state index in [9.17, 15) is 9.90 Å². The van der Waals surface area contributed by atoms with Gasteiger partial charge in [-0.25, -0.2) is 0 Å². The summed E-state index contributed by atoms with van der Waals surface area (Å²) in [5.74, 6) is 2.79. The predicted molar refractivity (Wildman–Crippen MR) is 91.9 cm³/mol. The average molecular weight is 314 g/mol. The number of rotatable bonds is 3. The molecule has 0 saturated heterocycles. The van der Waals surface area contributed by atoms with Gasteiger partial charge in [0.05, 0.1) is 0 Å². The summed E-state index contributed by atoms with van der Waals surface area (Å²) in [7, 11) is 0. The van der Waals surface area contributed by atoms with Crippen molar-refractivity contribution in [3.8, 4) is 0 Å². The Morgan fingerprint density at radius 2 is 2.04 bits per heavy atom. The van der Waals surface area contributed by atoms with Gasteiger partial charge < -0.3 is 5.11 Å². The van der Waals surface area contributed by atoms with Crippen LogP contribution >= 0.6 is 0 Å². The standard InChI is InChI=1S/C21H30O2/c1-21-11-10-18-17-8-6-16(23)13-14(17)4-7-19(18)20(21)9-5-15(21)3-2-12-22/h13,15,19-20,22H,2-12H2,1H3/t15?,19-,20+,21-/m1/s1. The maximum atomic E-state index is 11.7. The van der Waals surface area contributed by atoms with Crippen LogP contribution in [0, 0.1) is 23.2 Å². The topological polar surface area (TPSA) is 37.3 Å². The van der Waals surface area contributed by atoms with Crippen LogP contribution in [0.1, 0.15) is 71.1 Å². The molecule has 2 fully saturated rings. The van der Waals surface area contributed by atoms with Gasteiger partial charge >= 0.3 is 0 Å². The molecule has 0 heterocycles. The van der Waals surface area contributed by atoms with Gasteiger partial charge in [-0.3, -0.25) is 4.79 Å². The first-order chi connectivity index (χ1) is 11.1. The zero-order valence-electron chi connectivity index (χ0n) is 14.4. The van der Waals surface area contributed by atoms with Gasteiger partial charge in [-0.2, -0.15) is 0 Å². The van der Waals surface area contributed by atoms with E-state index in [0.717, 1.165) is 43.4 Å². The Hall–Kier alpha value is -0.890. The first-order valence-electron chi connectivity index (χ1n) is 9.70. The number of hydrogen-bond acceptors (Lipinski definition) is 2. The molecule has 0 bridgehead atoms. The minimum Gasteiger partial charge on any atom is -0.396 e. The van der Waals surface area contributed by atoms with E-state index in [1.807, 2.05) is 6.08 Å². The fraction of sp³-hybridized carbons (Fsp3) is 0.762. The van der Waals surface area contributed by atoms with Crippen molar-refractivity contribution >= 4 is 5.78 Å². The van der Waals surface area contributed by atoms with E-state index in [-0.39, 0.29) is 0 Å². The number of aliphatic hydroxyl groups is 1. The summed E-state index contributed by atoms with van der Waals surface area (Å²) < 4.78 is 0. The summed E-state index contributed by atoms with van der Waals surface area (Å²) in [6.45, 7) is 2.89. The van der Waals surface area contributed by atoms with Gasteiger partial charge in [-0.15, -0.1) is 0 Å². The van der Waals surface area contributed by atoms with Crippen LogP contribution in [0.25, 0.3) is 0 Å². The lowest BCUT2D eigenvalue weighted by Crippen LogP contribution is -2.40. The summed E-state index contributed by atoms with van der Waals surface area (Å²) in [4.78, 5) is 11.7. The van der Waals surface area contributed by atoms with Gasteiger partial charge in [0, 0.05) is 13.0 Å². The maximum Gasteiger partial charge on any atom is 0.156 e. The van der Waals surface area contributed by atoms with Crippen LogP contribution < -0.4 is 0 Å². The number of carbonyl (C=O) groups is 1. The Kier molecular flexibility index (Phi) is 3.99. The Morgan fingerprint density at radius 1 is 1.17 bits per heavy atom. The van der Waals surface area contributed by atoms with E-state index in [1.165, 1.54) is 44.1 Å². The van der Waals surface area contributed by atoms with Crippen molar-refractivity contribution in [2.45, 2.75) is 71.1 Å². The van der Waals surface area contributed by atoms with Gasteiger partial charge in [-0.1, -0.05) is 12.5 Å². The summed E-state index contributed by atoms with van der Waals surface area (Å²) in [5.41, 5.74) is 5.20. The van der Waals surface area contributed by atoms with E-state index in [2.05, 4.69) is 6.92 Å². The van der Waals surface area contributed by atoms with Crippen LogP contribution in [-0.2, 0) is 4.79 Å². The van der Waals surface area contributed by atoms with Crippen molar-refractivity contribution in [2.75, 3.05) is 6.61 Å². The van der Waals surface area contributed by atoms with Crippen molar-refractivity contribution in [1.29, 1.82) is 0 Å². The first-order valence-corrected chi connectivity index (χ1v) is 9.70. The summed E-state index contributed by atoms with van der Waals surface area (Å²) in [5, 5.41) is 9.20. The molecule has 126 valence electrons. The van der Waals surface area contributed by atoms with Gasteiger partial charge in [0.25, 0.3) is 0 Å². The quantitative estimate of drug-likeness (QED) is 0.828. The lowest BCUT2D eigenvalue weighted by atomic mass is 9.55. The van der Waals surface area contributed by atoms with E-state index < -0.39 is 0 Å². The van der Waals surface area contributed by atoms with Crippen molar-refractivity contribution in [3.63, 3.8) is 0 Å². The van der Waals surface area contributed by atoms with Crippen LogP contribution in [0.3, 0.4) is 0 Å². The molecular formula is C21H30O2. The fourth-order valence-electron chi connectivity index (χ4n) is 6.45. The fourth-order valence-corrected chi connectivity index (χ4v) is 6.45. The molecule has 2 saturated carbocycles. The second kappa shape index (κ2) is 5.88. The van der Waals surface area contributed by atoms with Crippen molar-refractivity contribution in [2.24, 2.45) is 23.2 Å². The highest BCUT2D eigenvalue weighted by atomic mass is 16.2. The molecule has 0 radical (unpaired) electrons. The third-order valence-electron chi connectivity index (χ3n) is 7.64. The zero-order chi connectivity index (χ0) is 16.0. The lowest BCUT2D eigenvalue weighted by Gasteiger charge is -2.49. The second-order valence-corrected chi connectivity index (χ2v) is 8.54. The molecule has 1 N–H and O–H groups in total. The third-order valence-corrected chi connectivity index (χ3v) is 7.64. The highest BCUT2D eigenvalue weighted by Crippen LogP contribution is 2.62. The van der Waals surface area contributed by atoms with Crippen LogP contribution in [0.5, 0.6) is 0 Å². The van der Waals surface area contributed by atoms with Crippen LogP contribution in [-0.4, -0.2) is 17.5 Å². The number of ketones is 1. The number of carbonyl (C=O) groups excluding carboxylic acids is 1. The molecule has 0 aromatic carbocycles. The molecule has 0 aliphatic heterocycles. The Morgan fingerprint density at radius 3 is 2.87 bits per heavy atom. The SMILES string of the molecule is C[C@]12CCC3=C4CCC(=O)C=C4CC[C@H]3[C@@H]1CCC2CCCO. The Bertz CT molecular complexity index is 570. The molecular weight excluding hydrogens is 284 g/mol. The largest absolute Gasteiger partial charge is 0.396 e. The van der Waals surface area contributed by atoms with Crippen molar-refractivity contribution < 1.29 is 9.90 Å². The van der Waals surface area contributed by atoms with E-state index in [0.29, 0.717) is 17.8 Å². The maximum absolute atomic E-state index is 11.7. The summed E-state index contributed by atoms with van der Waals surface area (Å²) >= 11 is 0. The molecule has 0 amide bonds. The molecule has 4 aliphatic carbocycles. The molecule has 2 heteroatoms. The lowest BCUT2D eigenvalue weighted by molar-refractivity contribution is -0.114. The minimum absolute atomic E-state index is 0.341. The van der Waals surface area contributed by atoms with E-state index in [1.54, 1.807) is 11.1 Å². The van der Waals surface area contributed by atoms with Gasteiger partial charge in [-0.05, 0) is 98.2 Å². The van der Waals surface area contributed by atoms with E-state index in [4.69, 9.17) is 0 Å². The molecule has 4 aliphatic rings. The zero-order valence-corrected chi connectivity index (χ0v) is 14.4. The average Bonchev–Trinajstić information content (AvgIpc) is 2.89. The normalized spacial score (nSPS) is 39.7. The van der Waals surface area contributed by atoms with Crippen LogP contribution in [0.2, 0.25) is 0 Å². The van der Waals surface area contributed by atoms with E-state index >= 15 is 0 Å². The van der Waals surface area contributed by atoms with Gasteiger partial charge in [0.1, 0.15) is 0 Å². The molecule has 23 heavy (non-hydrogen) atoms. The third kappa shape index (κ3) is 2.45. The highest BCUT2D eigenvalue weighted by Gasteiger charge is 2.52. The number of hydrogen-bond donors (Lipinski definition) is 1. The van der Waals surface area contributed by atoms with Gasteiger partial charge in [0.2, 0.25) is 0 Å². The molecule has 0 aromatic rings. The van der Waals surface area contributed by atoms with Gasteiger partial charge in [0.15, 0.2) is 5.78 Å².